The molecular weight excluding hydrogens is 374 g/mol. The first-order valence-corrected chi connectivity index (χ1v) is 10.1. The molecule has 0 aliphatic carbocycles. The van der Waals surface area contributed by atoms with Crippen LogP contribution >= 0.6 is 11.3 Å². The van der Waals surface area contributed by atoms with E-state index in [0.29, 0.717) is 10.7 Å². The molecule has 138 valence electrons. The lowest BCUT2D eigenvalue weighted by molar-refractivity contribution is -0.116. The fourth-order valence-electron chi connectivity index (χ4n) is 2.39. The van der Waals surface area contributed by atoms with Gasteiger partial charge in [-0.3, -0.25) is 10.1 Å². The monoisotopic (exact) mass is 393 g/mol. The molecule has 1 aromatic carbocycles. The molecule has 0 saturated carbocycles. The highest BCUT2D eigenvalue weighted by Gasteiger charge is 2.31. The number of anilines is 1. The van der Waals surface area contributed by atoms with E-state index in [2.05, 4.69) is 19.9 Å². The number of carbonyl (C=O) groups excluding carboxylic acids is 1. The minimum Gasteiger partial charge on any atom is -0.349 e. The van der Waals surface area contributed by atoms with E-state index in [1.165, 1.54) is 22.3 Å². The lowest BCUT2D eigenvalue weighted by Gasteiger charge is -2.17. The Morgan fingerprint density at radius 3 is 2.58 bits per heavy atom. The number of amides is 1. The first-order valence-electron chi connectivity index (χ1n) is 7.87. The summed E-state index contributed by atoms with van der Waals surface area (Å²) in [7, 11) is -2.09. The lowest BCUT2D eigenvalue weighted by atomic mass is 9.98. The molecular formula is C16H19N5O3S2. The number of benzene rings is 1. The molecule has 26 heavy (non-hydrogen) atoms. The van der Waals surface area contributed by atoms with Gasteiger partial charge >= 0.3 is 0 Å². The number of fused-ring (bicyclic) bond motifs is 1. The molecule has 1 aromatic heterocycles. The normalized spacial score (nSPS) is 15.3. The number of aromatic nitrogens is 2. The smallest absolute Gasteiger partial charge is 0.285 e. The van der Waals surface area contributed by atoms with E-state index in [-0.39, 0.29) is 28.6 Å². The van der Waals surface area contributed by atoms with Crippen LogP contribution in [-0.4, -0.2) is 48.9 Å². The first kappa shape index (κ1) is 18.5. The topological polar surface area (TPSA) is 105 Å². The van der Waals surface area contributed by atoms with Gasteiger partial charge in [0.15, 0.2) is 5.84 Å². The van der Waals surface area contributed by atoms with Gasteiger partial charge in [-0.15, -0.1) is 14.6 Å². The molecule has 0 bridgehead atoms. The van der Waals surface area contributed by atoms with Gasteiger partial charge in [0.25, 0.3) is 10.0 Å². The zero-order valence-electron chi connectivity index (χ0n) is 14.8. The predicted molar refractivity (Wildman–Crippen MR) is 100 cm³/mol. The molecule has 0 saturated heterocycles. The van der Waals surface area contributed by atoms with Crippen LogP contribution in [0.25, 0.3) is 0 Å². The van der Waals surface area contributed by atoms with E-state index >= 15 is 0 Å². The second-order valence-electron chi connectivity index (χ2n) is 6.95. The standard InChI is InChI=1S/C16H19N5O3S2/c1-16(2,3)14-18-19-15(25-14)17-12(22)9-21(4)13-10-7-5-6-8-11(10)26(23,24)20-13/h5-8H,9H2,1-4H3,(H,17,19,22). The molecule has 0 unspecified atom stereocenters. The zero-order valence-corrected chi connectivity index (χ0v) is 16.5. The summed E-state index contributed by atoms with van der Waals surface area (Å²) < 4.78 is 28.0. The Morgan fingerprint density at radius 2 is 1.92 bits per heavy atom. The third-order valence-corrected chi connectivity index (χ3v) is 6.26. The van der Waals surface area contributed by atoms with E-state index in [1.54, 1.807) is 25.2 Å². The van der Waals surface area contributed by atoms with Crippen LogP contribution in [0.4, 0.5) is 5.13 Å². The van der Waals surface area contributed by atoms with Crippen molar-refractivity contribution in [2.45, 2.75) is 31.1 Å². The van der Waals surface area contributed by atoms with Gasteiger partial charge < -0.3 is 4.90 Å². The fourth-order valence-corrected chi connectivity index (χ4v) is 4.46. The molecule has 1 aliphatic heterocycles. The summed E-state index contributed by atoms with van der Waals surface area (Å²) in [4.78, 5) is 14.0. The van der Waals surface area contributed by atoms with E-state index in [1.807, 2.05) is 20.8 Å². The summed E-state index contributed by atoms with van der Waals surface area (Å²) in [6.45, 7) is 5.99. The number of amidine groups is 1. The summed E-state index contributed by atoms with van der Waals surface area (Å²) in [5, 5.41) is 12.0. The number of rotatable bonds is 3. The summed E-state index contributed by atoms with van der Waals surface area (Å²) in [6, 6.07) is 6.56. The van der Waals surface area contributed by atoms with Crippen molar-refractivity contribution in [3.8, 4) is 0 Å². The quantitative estimate of drug-likeness (QED) is 0.853. The van der Waals surface area contributed by atoms with Crippen LogP contribution in [0.2, 0.25) is 0 Å². The van der Waals surface area contributed by atoms with Crippen molar-refractivity contribution in [2.24, 2.45) is 4.40 Å². The molecule has 3 rings (SSSR count). The van der Waals surface area contributed by atoms with Crippen molar-refractivity contribution in [3.05, 3.63) is 34.8 Å². The summed E-state index contributed by atoms with van der Waals surface area (Å²) in [5.41, 5.74) is 0.349. The highest BCUT2D eigenvalue weighted by Crippen LogP contribution is 2.28. The van der Waals surface area contributed by atoms with Gasteiger partial charge in [0.1, 0.15) is 9.90 Å². The Labute approximate surface area is 156 Å². The third kappa shape index (κ3) is 3.61. The highest BCUT2D eigenvalue weighted by molar-refractivity contribution is 7.90. The molecule has 0 spiro atoms. The maximum atomic E-state index is 12.3. The third-order valence-electron chi connectivity index (χ3n) is 3.67. The van der Waals surface area contributed by atoms with Crippen LogP contribution in [0, 0.1) is 0 Å². The van der Waals surface area contributed by atoms with Crippen molar-refractivity contribution in [1.29, 1.82) is 0 Å². The Balaban J connectivity index is 1.72. The van der Waals surface area contributed by atoms with Gasteiger partial charge in [-0.2, -0.15) is 8.42 Å². The van der Waals surface area contributed by atoms with Gasteiger partial charge in [0, 0.05) is 18.0 Å². The molecule has 1 amide bonds. The second-order valence-corrected chi connectivity index (χ2v) is 9.50. The molecule has 8 nitrogen and oxygen atoms in total. The van der Waals surface area contributed by atoms with E-state index in [9.17, 15) is 13.2 Å². The van der Waals surface area contributed by atoms with Gasteiger partial charge in [0.05, 0.1) is 6.54 Å². The molecule has 1 N–H and O–H groups in total. The maximum absolute atomic E-state index is 12.3. The molecule has 1 aliphatic rings. The SMILES string of the molecule is CN(CC(=O)Nc1nnc(C(C)(C)C)s1)C1=NS(=O)(=O)c2ccccc21. The Kier molecular flexibility index (Phi) is 4.57. The number of nitrogens with zero attached hydrogens (tertiary/aromatic N) is 4. The van der Waals surface area contributed by atoms with E-state index < -0.39 is 10.0 Å². The van der Waals surface area contributed by atoms with Crippen LogP contribution in [-0.2, 0) is 20.2 Å². The average Bonchev–Trinajstić information content (AvgIpc) is 3.10. The first-order chi connectivity index (χ1) is 12.1. The zero-order chi connectivity index (χ0) is 19.1. The van der Waals surface area contributed by atoms with Crippen LogP contribution in [0.5, 0.6) is 0 Å². The summed E-state index contributed by atoms with van der Waals surface area (Å²) >= 11 is 1.32. The largest absolute Gasteiger partial charge is 0.349 e. The number of hydrogen-bond donors (Lipinski definition) is 1. The minimum atomic E-state index is -3.71. The Hall–Kier alpha value is -2.33. The number of likely N-dealkylation sites (N-methyl/N-ethyl adjacent to an activating group) is 1. The highest BCUT2D eigenvalue weighted by atomic mass is 32.2. The summed E-state index contributed by atoms with van der Waals surface area (Å²) in [5.74, 6) is -0.0722. The predicted octanol–water partition coefficient (Wildman–Crippen LogP) is 1.85. The van der Waals surface area contributed by atoms with Crippen molar-refractivity contribution in [3.63, 3.8) is 0 Å². The van der Waals surface area contributed by atoms with Gasteiger partial charge in [0.2, 0.25) is 11.0 Å². The van der Waals surface area contributed by atoms with Crippen molar-refractivity contribution < 1.29 is 13.2 Å². The molecule has 2 aromatic rings. The number of hydrogen-bond acceptors (Lipinski definition) is 7. The Bertz CT molecular complexity index is 989. The van der Waals surface area contributed by atoms with Crippen LogP contribution in [0.1, 0.15) is 31.3 Å². The Morgan fingerprint density at radius 1 is 1.23 bits per heavy atom. The molecule has 2 heterocycles. The fraction of sp³-hybridized carbons (Fsp3) is 0.375. The van der Waals surface area contributed by atoms with Crippen molar-refractivity contribution in [1.82, 2.24) is 15.1 Å². The van der Waals surface area contributed by atoms with E-state index in [4.69, 9.17) is 0 Å². The van der Waals surface area contributed by atoms with Crippen LogP contribution < -0.4 is 5.32 Å². The number of sulfonamides is 1. The van der Waals surface area contributed by atoms with Crippen molar-refractivity contribution in [2.75, 3.05) is 18.9 Å². The summed E-state index contributed by atoms with van der Waals surface area (Å²) in [6.07, 6.45) is 0. The maximum Gasteiger partial charge on any atom is 0.285 e. The van der Waals surface area contributed by atoms with Gasteiger partial charge in [-0.05, 0) is 12.1 Å². The van der Waals surface area contributed by atoms with E-state index in [0.717, 1.165) is 5.01 Å². The second kappa shape index (κ2) is 6.44. The molecule has 0 atom stereocenters. The van der Waals surface area contributed by atoms with Crippen LogP contribution in [0.15, 0.2) is 33.6 Å². The van der Waals surface area contributed by atoms with Crippen LogP contribution in [0.3, 0.4) is 0 Å². The lowest BCUT2D eigenvalue weighted by Crippen LogP contribution is -2.34. The molecule has 0 radical (unpaired) electrons. The molecule has 10 heteroatoms. The number of carbonyl (C=O) groups is 1. The minimum absolute atomic E-state index is 0.0624. The molecule has 0 fully saturated rings. The van der Waals surface area contributed by atoms with Crippen molar-refractivity contribution >= 4 is 38.2 Å². The van der Waals surface area contributed by atoms with Gasteiger partial charge in [-0.25, -0.2) is 0 Å². The van der Waals surface area contributed by atoms with Gasteiger partial charge in [-0.1, -0.05) is 44.2 Å². The number of nitrogens with one attached hydrogen (secondary N) is 1. The average molecular weight is 393 g/mol.